The van der Waals surface area contributed by atoms with Crippen LogP contribution in [-0.4, -0.2) is 6.54 Å². The Bertz CT molecular complexity index is 309. The fraction of sp³-hybridized carbons (Fsp3) is 0.714. The molecule has 1 nitrogen and oxygen atoms in total. The zero-order valence-electron chi connectivity index (χ0n) is 11.3. The van der Waals surface area contributed by atoms with E-state index in [1.165, 1.54) is 23.3 Å². The second kappa shape index (κ2) is 5.83. The molecule has 92 valence electrons. The van der Waals surface area contributed by atoms with Gasteiger partial charge in [-0.1, -0.05) is 27.7 Å². The maximum Gasteiger partial charge on any atom is 0.0422 e. The minimum atomic E-state index is 0.377. The number of hydrogen-bond acceptors (Lipinski definition) is 2. The summed E-state index contributed by atoms with van der Waals surface area (Å²) in [5, 5.41) is 5.88. The number of hydrogen-bond donors (Lipinski definition) is 1. The van der Waals surface area contributed by atoms with E-state index in [2.05, 4.69) is 51.4 Å². The fourth-order valence-electron chi connectivity index (χ4n) is 1.93. The molecule has 0 aromatic carbocycles. The Balaban J connectivity index is 2.75. The molecule has 0 bridgehead atoms. The zero-order chi connectivity index (χ0) is 12.2. The minimum Gasteiger partial charge on any atom is -0.309 e. The summed E-state index contributed by atoms with van der Waals surface area (Å²) >= 11 is 1.89. The Morgan fingerprint density at radius 3 is 2.50 bits per heavy atom. The molecule has 1 atom stereocenters. The summed E-state index contributed by atoms with van der Waals surface area (Å²) in [4.78, 5) is 1.52. The molecule has 0 aliphatic carbocycles. The second-order valence-electron chi connectivity index (χ2n) is 5.74. The molecule has 0 aliphatic rings. The summed E-state index contributed by atoms with van der Waals surface area (Å²) in [5.74, 6) is 0. The van der Waals surface area contributed by atoms with Crippen LogP contribution in [0.5, 0.6) is 0 Å². The number of aryl methyl sites for hydroxylation is 1. The number of rotatable bonds is 5. The van der Waals surface area contributed by atoms with E-state index in [0.717, 1.165) is 6.54 Å². The molecule has 1 N–H and O–H groups in total. The van der Waals surface area contributed by atoms with Crippen molar-refractivity contribution in [2.75, 3.05) is 6.54 Å². The highest BCUT2D eigenvalue weighted by molar-refractivity contribution is 7.10. The van der Waals surface area contributed by atoms with Crippen molar-refractivity contribution in [3.05, 3.63) is 21.9 Å². The molecule has 0 saturated carbocycles. The first kappa shape index (κ1) is 13.7. The lowest BCUT2D eigenvalue weighted by Gasteiger charge is -2.27. The summed E-state index contributed by atoms with van der Waals surface area (Å²) in [6.07, 6.45) is 2.40. The van der Waals surface area contributed by atoms with Gasteiger partial charge in [-0.25, -0.2) is 0 Å². The molecule has 0 radical (unpaired) electrons. The van der Waals surface area contributed by atoms with E-state index in [4.69, 9.17) is 0 Å². The molecule has 16 heavy (non-hydrogen) atoms. The maximum atomic E-state index is 3.68. The molecule has 1 rings (SSSR count). The quantitative estimate of drug-likeness (QED) is 0.796. The molecule has 0 fully saturated rings. The smallest absolute Gasteiger partial charge is 0.0422 e. The van der Waals surface area contributed by atoms with E-state index in [1.807, 2.05) is 11.3 Å². The highest BCUT2D eigenvalue weighted by Gasteiger charge is 2.21. The van der Waals surface area contributed by atoms with Crippen molar-refractivity contribution in [1.82, 2.24) is 5.32 Å². The molecule has 1 heterocycles. The average molecular weight is 239 g/mol. The van der Waals surface area contributed by atoms with E-state index in [1.54, 1.807) is 0 Å². The van der Waals surface area contributed by atoms with Crippen molar-refractivity contribution < 1.29 is 0 Å². The van der Waals surface area contributed by atoms with Crippen molar-refractivity contribution in [2.45, 2.75) is 53.5 Å². The third-order valence-corrected chi connectivity index (χ3v) is 3.81. The molecule has 0 saturated heterocycles. The Morgan fingerprint density at radius 1 is 1.38 bits per heavy atom. The van der Waals surface area contributed by atoms with Gasteiger partial charge in [-0.05, 0) is 48.7 Å². The van der Waals surface area contributed by atoms with E-state index < -0.39 is 0 Å². The Labute approximate surface area is 104 Å². The first-order valence-corrected chi connectivity index (χ1v) is 7.09. The van der Waals surface area contributed by atoms with Gasteiger partial charge in [0, 0.05) is 10.9 Å². The Hall–Kier alpha value is -0.340. The molecular formula is C14H25NS. The van der Waals surface area contributed by atoms with Gasteiger partial charge in [0.15, 0.2) is 0 Å². The van der Waals surface area contributed by atoms with Gasteiger partial charge in [-0.2, -0.15) is 0 Å². The number of thiophene rings is 1. The molecule has 2 heteroatoms. The normalized spacial score (nSPS) is 14.1. The topological polar surface area (TPSA) is 12.0 Å². The Morgan fingerprint density at radius 2 is 2.06 bits per heavy atom. The molecular weight excluding hydrogens is 214 g/mol. The SMILES string of the molecule is CCCNC(CC(C)(C)C)c1sccc1C. The van der Waals surface area contributed by atoms with E-state index in [-0.39, 0.29) is 0 Å². The lowest BCUT2D eigenvalue weighted by atomic mass is 9.87. The van der Waals surface area contributed by atoms with Gasteiger partial charge in [0.25, 0.3) is 0 Å². The van der Waals surface area contributed by atoms with E-state index in [0.29, 0.717) is 11.5 Å². The molecule has 1 aromatic rings. The predicted molar refractivity (Wildman–Crippen MR) is 74.2 cm³/mol. The van der Waals surface area contributed by atoms with Crippen LogP contribution in [0.3, 0.4) is 0 Å². The highest BCUT2D eigenvalue weighted by atomic mass is 32.1. The molecule has 1 aromatic heterocycles. The molecule has 1 unspecified atom stereocenters. The monoisotopic (exact) mass is 239 g/mol. The van der Waals surface area contributed by atoms with Gasteiger partial charge in [0.05, 0.1) is 0 Å². The third-order valence-electron chi connectivity index (χ3n) is 2.68. The standard InChI is InChI=1S/C14H25NS/c1-6-8-15-12(10-14(3,4)5)13-11(2)7-9-16-13/h7,9,12,15H,6,8,10H2,1-5H3. The first-order chi connectivity index (χ1) is 7.44. The van der Waals surface area contributed by atoms with Crippen LogP contribution >= 0.6 is 11.3 Å². The lowest BCUT2D eigenvalue weighted by molar-refractivity contribution is 0.313. The van der Waals surface area contributed by atoms with Gasteiger partial charge in [-0.3, -0.25) is 0 Å². The average Bonchev–Trinajstić information content (AvgIpc) is 2.57. The lowest BCUT2D eigenvalue weighted by Crippen LogP contribution is -2.26. The van der Waals surface area contributed by atoms with Crippen LogP contribution in [-0.2, 0) is 0 Å². The van der Waals surface area contributed by atoms with Crippen LogP contribution in [0, 0.1) is 12.3 Å². The Kier molecular flexibility index (Phi) is 5.00. The highest BCUT2D eigenvalue weighted by Crippen LogP contribution is 2.33. The van der Waals surface area contributed by atoms with Crippen LogP contribution < -0.4 is 5.32 Å². The summed E-state index contributed by atoms with van der Waals surface area (Å²) in [6.45, 7) is 12.5. The third kappa shape index (κ3) is 4.26. The van der Waals surface area contributed by atoms with Crippen LogP contribution in [0.25, 0.3) is 0 Å². The zero-order valence-corrected chi connectivity index (χ0v) is 12.1. The van der Waals surface area contributed by atoms with Crippen molar-refractivity contribution in [3.63, 3.8) is 0 Å². The largest absolute Gasteiger partial charge is 0.309 e. The first-order valence-electron chi connectivity index (χ1n) is 6.21. The van der Waals surface area contributed by atoms with Gasteiger partial charge >= 0.3 is 0 Å². The molecule has 0 spiro atoms. The van der Waals surface area contributed by atoms with Crippen molar-refractivity contribution in [2.24, 2.45) is 5.41 Å². The van der Waals surface area contributed by atoms with E-state index >= 15 is 0 Å². The van der Waals surface area contributed by atoms with Crippen LogP contribution in [0.15, 0.2) is 11.4 Å². The van der Waals surface area contributed by atoms with Crippen LogP contribution in [0.2, 0.25) is 0 Å². The van der Waals surface area contributed by atoms with Crippen molar-refractivity contribution >= 4 is 11.3 Å². The maximum absolute atomic E-state index is 3.68. The van der Waals surface area contributed by atoms with Crippen molar-refractivity contribution in [1.29, 1.82) is 0 Å². The fourth-order valence-corrected chi connectivity index (χ4v) is 2.93. The summed E-state index contributed by atoms with van der Waals surface area (Å²) in [6, 6.07) is 2.75. The molecule has 0 aliphatic heterocycles. The summed E-state index contributed by atoms with van der Waals surface area (Å²) in [7, 11) is 0. The van der Waals surface area contributed by atoms with Gasteiger partial charge in [-0.15, -0.1) is 11.3 Å². The molecule has 0 amide bonds. The van der Waals surface area contributed by atoms with Crippen molar-refractivity contribution in [3.8, 4) is 0 Å². The number of nitrogens with one attached hydrogen (secondary N) is 1. The minimum absolute atomic E-state index is 0.377. The summed E-state index contributed by atoms with van der Waals surface area (Å²) < 4.78 is 0. The van der Waals surface area contributed by atoms with Crippen LogP contribution in [0.4, 0.5) is 0 Å². The summed E-state index contributed by atoms with van der Waals surface area (Å²) in [5.41, 5.74) is 1.81. The van der Waals surface area contributed by atoms with Gasteiger partial charge in [0.1, 0.15) is 0 Å². The van der Waals surface area contributed by atoms with E-state index in [9.17, 15) is 0 Å². The van der Waals surface area contributed by atoms with Gasteiger partial charge < -0.3 is 5.32 Å². The van der Waals surface area contributed by atoms with Crippen LogP contribution in [0.1, 0.15) is 57.0 Å². The predicted octanol–water partition coefficient (Wildman–Crippen LogP) is 4.53. The second-order valence-corrected chi connectivity index (χ2v) is 6.69. The van der Waals surface area contributed by atoms with Gasteiger partial charge in [0.2, 0.25) is 0 Å².